The number of anilines is 1. The van der Waals surface area contributed by atoms with Crippen LogP contribution in [0.2, 0.25) is 0 Å². The number of benzene rings is 2. The van der Waals surface area contributed by atoms with Gasteiger partial charge in [-0.15, -0.1) is 0 Å². The molecule has 1 amide bonds. The first-order chi connectivity index (χ1) is 14.0. The average molecular weight is 387 g/mol. The number of carboxylic acids is 1. The van der Waals surface area contributed by atoms with Crippen molar-refractivity contribution in [2.45, 2.75) is 31.6 Å². The number of nitrogens with zero attached hydrogens (tertiary/aromatic N) is 2. The van der Waals surface area contributed by atoms with E-state index in [4.69, 9.17) is 0 Å². The molecule has 6 heteroatoms. The molecule has 1 saturated carbocycles. The van der Waals surface area contributed by atoms with E-state index in [0.717, 1.165) is 19.3 Å². The summed E-state index contributed by atoms with van der Waals surface area (Å²) in [5, 5.41) is 16.5. The number of fused-ring (bicyclic) bond motifs is 2. The van der Waals surface area contributed by atoms with E-state index in [1.807, 2.05) is 24.3 Å². The van der Waals surface area contributed by atoms with Crippen LogP contribution in [0, 0.1) is 12.8 Å². The molecule has 146 valence electrons. The molecule has 3 aromatic rings. The van der Waals surface area contributed by atoms with E-state index < -0.39 is 5.97 Å². The highest BCUT2D eigenvalue weighted by Gasteiger charge is 2.61. The van der Waals surface area contributed by atoms with E-state index in [-0.39, 0.29) is 22.8 Å². The van der Waals surface area contributed by atoms with Gasteiger partial charge in [0.15, 0.2) is 0 Å². The summed E-state index contributed by atoms with van der Waals surface area (Å²) in [5.74, 6) is -0.962. The quantitative estimate of drug-likeness (QED) is 0.715. The van der Waals surface area contributed by atoms with Gasteiger partial charge in [0.2, 0.25) is 5.91 Å². The highest BCUT2D eigenvalue weighted by molar-refractivity contribution is 5.96. The monoisotopic (exact) mass is 387 g/mol. The summed E-state index contributed by atoms with van der Waals surface area (Å²) < 4.78 is 1.57. The van der Waals surface area contributed by atoms with E-state index in [9.17, 15) is 14.7 Å². The summed E-state index contributed by atoms with van der Waals surface area (Å²) >= 11 is 0. The maximum Gasteiger partial charge on any atom is 0.339 e. The fraction of sp³-hybridized carbons (Fsp3) is 0.261. The molecule has 0 saturated heterocycles. The molecule has 1 spiro atoms. The first kappa shape index (κ1) is 17.7. The Morgan fingerprint density at radius 3 is 2.83 bits per heavy atom. The highest BCUT2D eigenvalue weighted by atomic mass is 16.4. The number of carboxylic acid groups (broad SMARTS) is 1. The van der Waals surface area contributed by atoms with Crippen LogP contribution in [0.3, 0.4) is 0 Å². The second-order valence-corrected chi connectivity index (χ2v) is 7.97. The van der Waals surface area contributed by atoms with Crippen LogP contribution in [0.25, 0.3) is 5.69 Å². The minimum atomic E-state index is -1.01. The van der Waals surface area contributed by atoms with Crippen LogP contribution in [0.5, 0.6) is 0 Å². The second kappa shape index (κ2) is 6.30. The van der Waals surface area contributed by atoms with Crippen molar-refractivity contribution in [1.82, 2.24) is 9.78 Å². The SMILES string of the molecule is Cc1c(C(=O)O)cnn1-c1cccc(NC(=O)C2CC23CCc2ccccc23)c1. The van der Waals surface area contributed by atoms with Gasteiger partial charge in [0.1, 0.15) is 5.56 Å². The molecule has 6 nitrogen and oxygen atoms in total. The van der Waals surface area contributed by atoms with E-state index in [2.05, 4.69) is 34.7 Å². The van der Waals surface area contributed by atoms with Crippen molar-refractivity contribution in [1.29, 1.82) is 0 Å². The van der Waals surface area contributed by atoms with Gasteiger partial charge in [-0.25, -0.2) is 9.48 Å². The smallest absolute Gasteiger partial charge is 0.339 e. The Labute approximate surface area is 168 Å². The molecule has 2 atom stereocenters. The summed E-state index contributed by atoms with van der Waals surface area (Å²) in [4.78, 5) is 24.2. The minimum absolute atomic E-state index is 0.000131. The third-order valence-corrected chi connectivity index (χ3v) is 6.38. The van der Waals surface area contributed by atoms with Gasteiger partial charge in [0.25, 0.3) is 0 Å². The molecule has 2 unspecified atom stereocenters. The molecule has 0 aliphatic heterocycles. The molecule has 2 aliphatic rings. The van der Waals surface area contributed by atoms with Crippen LogP contribution in [-0.4, -0.2) is 26.8 Å². The predicted molar refractivity (Wildman–Crippen MR) is 108 cm³/mol. The Morgan fingerprint density at radius 1 is 1.21 bits per heavy atom. The van der Waals surface area contributed by atoms with Crippen molar-refractivity contribution in [2.75, 3.05) is 5.32 Å². The van der Waals surface area contributed by atoms with E-state index in [0.29, 0.717) is 17.1 Å². The lowest BCUT2D eigenvalue weighted by atomic mass is 9.95. The number of rotatable bonds is 4. The first-order valence-corrected chi connectivity index (χ1v) is 9.77. The van der Waals surface area contributed by atoms with E-state index in [1.165, 1.54) is 17.3 Å². The molecule has 1 heterocycles. The normalized spacial score (nSPS) is 21.8. The fourth-order valence-electron chi connectivity index (χ4n) is 4.76. The van der Waals surface area contributed by atoms with Crippen molar-refractivity contribution in [3.8, 4) is 5.69 Å². The molecule has 0 bridgehead atoms. The largest absolute Gasteiger partial charge is 0.478 e. The van der Waals surface area contributed by atoms with Gasteiger partial charge in [-0.05, 0) is 55.5 Å². The molecule has 0 radical (unpaired) electrons. The Bertz CT molecular complexity index is 1150. The zero-order valence-electron chi connectivity index (χ0n) is 16.1. The zero-order valence-corrected chi connectivity index (χ0v) is 16.1. The van der Waals surface area contributed by atoms with E-state index >= 15 is 0 Å². The zero-order chi connectivity index (χ0) is 20.2. The fourth-order valence-corrected chi connectivity index (χ4v) is 4.76. The van der Waals surface area contributed by atoms with Crippen molar-refractivity contribution in [3.63, 3.8) is 0 Å². The molecule has 29 heavy (non-hydrogen) atoms. The Balaban J connectivity index is 1.36. The van der Waals surface area contributed by atoms with Crippen LogP contribution in [0.1, 0.15) is 40.0 Å². The van der Waals surface area contributed by atoms with Gasteiger partial charge in [-0.3, -0.25) is 4.79 Å². The molecule has 5 rings (SSSR count). The Hall–Kier alpha value is -3.41. The summed E-state index contributed by atoms with van der Waals surface area (Å²) in [7, 11) is 0. The summed E-state index contributed by atoms with van der Waals surface area (Å²) in [6, 6.07) is 15.8. The van der Waals surface area contributed by atoms with Crippen molar-refractivity contribution >= 4 is 17.6 Å². The second-order valence-electron chi connectivity index (χ2n) is 7.97. The molecule has 1 aromatic heterocycles. The Morgan fingerprint density at radius 2 is 2.03 bits per heavy atom. The standard InChI is InChI=1S/C23H21N3O3/c1-14-18(22(28)29)13-24-26(14)17-7-4-6-16(11-17)25-21(27)20-12-23(20)10-9-15-5-2-3-8-19(15)23/h2-8,11,13,20H,9-10,12H2,1H3,(H,25,27)(H,28,29). The van der Waals surface area contributed by atoms with Crippen molar-refractivity contribution in [3.05, 3.63) is 77.1 Å². The molecule has 2 N–H and O–H groups in total. The number of aromatic nitrogens is 2. The maximum absolute atomic E-state index is 12.9. The number of hydrogen-bond donors (Lipinski definition) is 2. The summed E-state index contributed by atoms with van der Waals surface area (Å²) in [6.07, 6.45) is 4.32. The van der Waals surface area contributed by atoms with Gasteiger partial charge in [-0.1, -0.05) is 30.3 Å². The number of hydrogen-bond acceptors (Lipinski definition) is 3. The van der Waals surface area contributed by atoms with Crippen LogP contribution in [-0.2, 0) is 16.6 Å². The molecular formula is C23H21N3O3. The molecular weight excluding hydrogens is 366 g/mol. The lowest BCUT2D eigenvalue weighted by Crippen LogP contribution is -2.20. The Kier molecular flexibility index (Phi) is 3.84. The number of aromatic carboxylic acids is 1. The van der Waals surface area contributed by atoms with Crippen LogP contribution in [0.4, 0.5) is 5.69 Å². The van der Waals surface area contributed by atoms with E-state index in [1.54, 1.807) is 11.6 Å². The van der Waals surface area contributed by atoms with Gasteiger partial charge in [-0.2, -0.15) is 5.10 Å². The van der Waals surface area contributed by atoms with Gasteiger partial charge < -0.3 is 10.4 Å². The van der Waals surface area contributed by atoms with Gasteiger partial charge >= 0.3 is 5.97 Å². The lowest BCUT2D eigenvalue weighted by molar-refractivity contribution is -0.117. The number of carbonyl (C=O) groups is 2. The van der Waals surface area contributed by atoms with Crippen molar-refractivity contribution in [2.24, 2.45) is 5.92 Å². The van der Waals surface area contributed by atoms with Crippen LogP contribution in [0.15, 0.2) is 54.7 Å². The molecule has 2 aliphatic carbocycles. The summed E-state index contributed by atoms with van der Waals surface area (Å²) in [6.45, 7) is 1.72. The number of amides is 1. The third-order valence-electron chi connectivity index (χ3n) is 6.38. The number of carbonyl (C=O) groups excluding carboxylic acids is 1. The minimum Gasteiger partial charge on any atom is -0.478 e. The third kappa shape index (κ3) is 2.75. The number of aryl methyl sites for hydroxylation is 1. The molecule has 2 aromatic carbocycles. The van der Waals surface area contributed by atoms with Gasteiger partial charge in [0, 0.05) is 17.0 Å². The van der Waals surface area contributed by atoms with Crippen molar-refractivity contribution < 1.29 is 14.7 Å². The predicted octanol–water partition coefficient (Wildman–Crippen LogP) is 3.72. The lowest BCUT2D eigenvalue weighted by Gasteiger charge is -2.12. The first-order valence-electron chi connectivity index (χ1n) is 9.77. The molecule has 1 fully saturated rings. The average Bonchev–Trinajstić information content (AvgIpc) is 3.15. The topological polar surface area (TPSA) is 84.2 Å². The van der Waals surface area contributed by atoms with Gasteiger partial charge in [0.05, 0.1) is 17.6 Å². The van der Waals surface area contributed by atoms with Crippen LogP contribution < -0.4 is 5.32 Å². The maximum atomic E-state index is 12.9. The number of nitrogens with one attached hydrogen (secondary N) is 1. The highest BCUT2D eigenvalue weighted by Crippen LogP contribution is 2.61. The summed E-state index contributed by atoms with van der Waals surface area (Å²) in [5.41, 5.74) is 4.82. The van der Waals surface area contributed by atoms with Crippen LogP contribution >= 0.6 is 0 Å².